The van der Waals surface area contributed by atoms with Crippen molar-refractivity contribution in [3.05, 3.63) is 40.4 Å². The second-order valence-electron chi connectivity index (χ2n) is 6.29. The topological polar surface area (TPSA) is 30.0 Å². The molecule has 0 aliphatic heterocycles. The molecule has 20 heavy (non-hydrogen) atoms. The van der Waals surface area contributed by atoms with E-state index >= 15 is 0 Å². The summed E-state index contributed by atoms with van der Waals surface area (Å²) in [6.45, 7) is 6.43. The summed E-state index contributed by atoms with van der Waals surface area (Å²) < 4.78 is 0. The molecule has 1 aromatic heterocycles. The van der Waals surface area contributed by atoms with Crippen molar-refractivity contribution in [2.24, 2.45) is 5.41 Å². The minimum Gasteiger partial charge on any atom is -0.293 e. The van der Waals surface area contributed by atoms with Gasteiger partial charge in [0.25, 0.3) is 0 Å². The minimum atomic E-state index is 0.0431. The third kappa shape index (κ3) is 2.42. The molecule has 0 atom stereocenters. The highest BCUT2D eigenvalue weighted by molar-refractivity contribution is 7.17. The number of aromatic nitrogens is 1. The van der Waals surface area contributed by atoms with Crippen LogP contribution in [-0.2, 0) is 12.8 Å². The van der Waals surface area contributed by atoms with Crippen LogP contribution in [0.25, 0.3) is 10.6 Å². The fourth-order valence-electron chi connectivity index (χ4n) is 2.73. The SMILES string of the molecule is CCc1ccc(-c2nc3c(s2)C(=O)CC(C)(C)C3)cc1. The van der Waals surface area contributed by atoms with Crippen molar-refractivity contribution in [1.29, 1.82) is 0 Å². The van der Waals surface area contributed by atoms with E-state index in [2.05, 4.69) is 45.0 Å². The maximum Gasteiger partial charge on any atom is 0.175 e. The molecule has 0 bridgehead atoms. The Bertz CT molecular complexity index is 652. The van der Waals surface area contributed by atoms with Gasteiger partial charge >= 0.3 is 0 Å². The van der Waals surface area contributed by atoms with Crippen LogP contribution in [0.4, 0.5) is 0 Å². The molecule has 0 radical (unpaired) electrons. The highest BCUT2D eigenvalue weighted by Crippen LogP contribution is 2.39. The van der Waals surface area contributed by atoms with Crippen molar-refractivity contribution in [3.8, 4) is 10.6 Å². The van der Waals surface area contributed by atoms with Gasteiger partial charge in [-0.25, -0.2) is 4.98 Å². The van der Waals surface area contributed by atoms with Gasteiger partial charge in [-0.05, 0) is 23.8 Å². The first kappa shape index (κ1) is 13.5. The number of aryl methyl sites for hydroxylation is 1. The van der Waals surface area contributed by atoms with Crippen molar-refractivity contribution in [1.82, 2.24) is 4.98 Å². The molecular formula is C17H19NOS. The Morgan fingerprint density at radius 3 is 2.55 bits per heavy atom. The van der Waals surface area contributed by atoms with Crippen LogP contribution in [0, 0.1) is 5.41 Å². The van der Waals surface area contributed by atoms with Gasteiger partial charge < -0.3 is 0 Å². The molecule has 3 heteroatoms. The van der Waals surface area contributed by atoms with Gasteiger partial charge in [-0.1, -0.05) is 45.0 Å². The molecule has 0 spiro atoms. The van der Waals surface area contributed by atoms with Gasteiger partial charge in [-0.2, -0.15) is 0 Å². The van der Waals surface area contributed by atoms with E-state index in [1.807, 2.05) is 0 Å². The third-order valence-corrected chi connectivity index (χ3v) is 5.03. The zero-order valence-electron chi connectivity index (χ0n) is 12.2. The normalized spacial score (nSPS) is 17.1. The lowest BCUT2D eigenvalue weighted by molar-refractivity contribution is 0.0916. The highest BCUT2D eigenvalue weighted by atomic mass is 32.1. The molecule has 0 saturated heterocycles. The average Bonchev–Trinajstić information content (AvgIpc) is 2.81. The number of Topliss-reactive ketones (excluding diaryl/α,β-unsaturated/α-hetero) is 1. The highest BCUT2D eigenvalue weighted by Gasteiger charge is 2.33. The summed E-state index contributed by atoms with van der Waals surface area (Å²) in [5, 5.41) is 0.976. The quantitative estimate of drug-likeness (QED) is 0.811. The van der Waals surface area contributed by atoms with E-state index in [-0.39, 0.29) is 11.2 Å². The van der Waals surface area contributed by atoms with E-state index in [0.29, 0.717) is 6.42 Å². The first-order valence-electron chi connectivity index (χ1n) is 7.11. The van der Waals surface area contributed by atoms with Crippen molar-refractivity contribution >= 4 is 17.1 Å². The Morgan fingerprint density at radius 1 is 1.20 bits per heavy atom. The smallest absolute Gasteiger partial charge is 0.175 e. The summed E-state index contributed by atoms with van der Waals surface area (Å²) in [5.74, 6) is 0.255. The Balaban J connectivity index is 1.99. The molecule has 0 unspecified atom stereocenters. The van der Waals surface area contributed by atoms with Gasteiger partial charge in [0.1, 0.15) is 5.01 Å². The van der Waals surface area contributed by atoms with Crippen LogP contribution in [0.2, 0.25) is 0 Å². The maximum atomic E-state index is 12.2. The fraction of sp³-hybridized carbons (Fsp3) is 0.412. The second-order valence-corrected chi connectivity index (χ2v) is 7.29. The Morgan fingerprint density at radius 2 is 1.90 bits per heavy atom. The molecule has 2 aromatic rings. The molecule has 0 saturated carbocycles. The summed E-state index contributed by atoms with van der Waals surface area (Å²) >= 11 is 1.55. The van der Waals surface area contributed by atoms with Crippen LogP contribution in [0.1, 0.15) is 48.1 Å². The predicted octanol–water partition coefficient (Wildman–Crippen LogP) is 4.53. The summed E-state index contributed by atoms with van der Waals surface area (Å²) in [6, 6.07) is 8.50. The van der Waals surface area contributed by atoms with Gasteiger partial charge in [-0.3, -0.25) is 4.79 Å². The van der Waals surface area contributed by atoms with Gasteiger partial charge in [-0.15, -0.1) is 11.3 Å². The zero-order chi connectivity index (χ0) is 14.3. The lowest BCUT2D eigenvalue weighted by atomic mass is 9.78. The number of thiazole rings is 1. The zero-order valence-corrected chi connectivity index (χ0v) is 13.0. The number of fused-ring (bicyclic) bond motifs is 1. The van der Waals surface area contributed by atoms with E-state index < -0.39 is 0 Å². The lowest BCUT2D eigenvalue weighted by Gasteiger charge is -2.26. The molecular weight excluding hydrogens is 266 g/mol. The van der Waals surface area contributed by atoms with Crippen LogP contribution in [-0.4, -0.2) is 10.8 Å². The average molecular weight is 285 g/mol. The number of benzene rings is 1. The first-order chi connectivity index (χ1) is 9.48. The number of nitrogens with zero attached hydrogens (tertiary/aromatic N) is 1. The van der Waals surface area contributed by atoms with Gasteiger partial charge in [0.15, 0.2) is 5.78 Å². The molecule has 1 heterocycles. The van der Waals surface area contributed by atoms with E-state index in [9.17, 15) is 4.79 Å². The number of hydrogen-bond acceptors (Lipinski definition) is 3. The van der Waals surface area contributed by atoms with Crippen LogP contribution in [0.3, 0.4) is 0 Å². The molecule has 1 aliphatic rings. The molecule has 0 N–H and O–H groups in total. The number of rotatable bonds is 2. The summed E-state index contributed by atoms with van der Waals surface area (Å²) in [6.07, 6.45) is 2.58. The standard InChI is InChI=1S/C17H19NOS/c1-4-11-5-7-12(8-6-11)16-18-13-9-17(2,3)10-14(19)15(13)20-16/h5-8H,4,9-10H2,1-3H3. The molecule has 1 aromatic carbocycles. The van der Waals surface area contributed by atoms with Crippen molar-refractivity contribution in [2.45, 2.75) is 40.0 Å². The van der Waals surface area contributed by atoms with Gasteiger partial charge in [0.2, 0.25) is 0 Å². The number of hydrogen-bond donors (Lipinski definition) is 0. The van der Waals surface area contributed by atoms with E-state index in [1.54, 1.807) is 11.3 Å². The Labute approximate surface area is 123 Å². The van der Waals surface area contributed by atoms with E-state index in [1.165, 1.54) is 5.56 Å². The van der Waals surface area contributed by atoms with E-state index in [4.69, 9.17) is 4.98 Å². The van der Waals surface area contributed by atoms with E-state index in [0.717, 1.165) is 34.0 Å². The van der Waals surface area contributed by atoms with Crippen molar-refractivity contribution < 1.29 is 4.79 Å². The molecule has 3 rings (SSSR count). The molecule has 0 amide bonds. The fourth-order valence-corrected chi connectivity index (χ4v) is 3.75. The monoisotopic (exact) mass is 285 g/mol. The van der Waals surface area contributed by atoms with Crippen LogP contribution in [0.15, 0.2) is 24.3 Å². The molecule has 0 fully saturated rings. The number of ketones is 1. The minimum absolute atomic E-state index is 0.0431. The summed E-state index contributed by atoms with van der Waals surface area (Å²) in [5.41, 5.74) is 3.48. The van der Waals surface area contributed by atoms with Crippen LogP contribution >= 0.6 is 11.3 Å². The maximum absolute atomic E-state index is 12.2. The van der Waals surface area contributed by atoms with Crippen molar-refractivity contribution in [2.75, 3.05) is 0 Å². The Kier molecular flexibility index (Phi) is 3.25. The van der Waals surface area contributed by atoms with Gasteiger partial charge in [0.05, 0.1) is 10.6 Å². The number of carbonyl (C=O) groups excluding carboxylic acids is 1. The Hall–Kier alpha value is -1.48. The lowest BCUT2D eigenvalue weighted by Crippen LogP contribution is -2.25. The molecule has 104 valence electrons. The first-order valence-corrected chi connectivity index (χ1v) is 7.92. The van der Waals surface area contributed by atoms with Crippen LogP contribution in [0.5, 0.6) is 0 Å². The largest absolute Gasteiger partial charge is 0.293 e. The summed E-state index contributed by atoms with van der Waals surface area (Å²) in [4.78, 5) is 17.8. The second kappa shape index (κ2) is 4.81. The predicted molar refractivity (Wildman–Crippen MR) is 83.4 cm³/mol. The third-order valence-electron chi connectivity index (χ3n) is 3.84. The molecule has 2 nitrogen and oxygen atoms in total. The van der Waals surface area contributed by atoms with Crippen LogP contribution < -0.4 is 0 Å². The van der Waals surface area contributed by atoms with Crippen molar-refractivity contribution in [3.63, 3.8) is 0 Å². The molecule has 1 aliphatic carbocycles. The van der Waals surface area contributed by atoms with Gasteiger partial charge in [0, 0.05) is 12.0 Å². The summed E-state index contributed by atoms with van der Waals surface area (Å²) in [7, 11) is 0. The number of carbonyl (C=O) groups is 1.